The van der Waals surface area contributed by atoms with Crippen molar-refractivity contribution in [2.24, 2.45) is 5.41 Å². The van der Waals surface area contributed by atoms with Crippen LogP contribution in [0.5, 0.6) is 0 Å². The molecule has 0 saturated carbocycles. The second-order valence-corrected chi connectivity index (χ2v) is 7.95. The van der Waals surface area contributed by atoms with Crippen LogP contribution in [0.4, 0.5) is 0 Å². The predicted molar refractivity (Wildman–Crippen MR) is 85.0 cm³/mol. The molecule has 1 aliphatic carbocycles. The van der Waals surface area contributed by atoms with E-state index in [9.17, 15) is 4.79 Å². The van der Waals surface area contributed by atoms with Gasteiger partial charge in [-0.25, -0.2) is 0 Å². The molecule has 1 atom stereocenters. The molecule has 3 rings (SSSR count). The van der Waals surface area contributed by atoms with Gasteiger partial charge in [0.05, 0.1) is 0 Å². The maximum atomic E-state index is 12.6. The van der Waals surface area contributed by atoms with Crippen molar-refractivity contribution in [1.82, 2.24) is 0 Å². The van der Waals surface area contributed by atoms with E-state index in [2.05, 4.69) is 39.0 Å². The molecule has 20 heavy (non-hydrogen) atoms. The van der Waals surface area contributed by atoms with Crippen molar-refractivity contribution in [3.8, 4) is 0 Å². The van der Waals surface area contributed by atoms with Gasteiger partial charge in [-0.3, -0.25) is 4.79 Å². The zero-order chi connectivity index (χ0) is 14.3. The normalized spacial score (nSPS) is 23.1. The topological polar surface area (TPSA) is 17.1 Å². The van der Waals surface area contributed by atoms with Crippen LogP contribution >= 0.6 is 11.8 Å². The van der Waals surface area contributed by atoms with Crippen molar-refractivity contribution in [2.45, 2.75) is 57.3 Å². The molecular weight excluding hydrogens is 264 g/mol. The summed E-state index contributed by atoms with van der Waals surface area (Å²) in [6.07, 6.45) is 4.46. The lowest BCUT2D eigenvalue weighted by Gasteiger charge is -2.35. The van der Waals surface area contributed by atoms with Gasteiger partial charge in [0.2, 0.25) is 5.12 Å². The second kappa shape index (κ2) is 5.07. The number of benzene rings is 1. The van der Waals surface area contributed by atoms with E-state index >= 15 is 0 Å². The number of hydrogen-bond donors (Lipinski definition) is 0. The SMILES string of the molecule is CC(C)(C)C1C2=C(CCCC2)C(=O)Sc2ccccc21. The average Bonchev–Trinajstić information content (AvgIpc) is 2.52. The molecular formula is C18H22OS. The largest absolute Gasteiger partial charge is 0.282 e. The number of rotatable bonds is 0. The molecule has 1 nitrogen and oxygen atoms in total. The lowest BCUT2D eigenvalue weighted by atomic mass is 9.68. The molecule has 0 bridgehead atoms. The highest BCUT2D eigenvalue weighted by atomic mass is 32.2. The zero-order valence-corrected chi connectivity index (χ0v) is 13.3. The van der Waals surface area contributed by atoms with Crippen LogP contribution in [0, 0.1) is 5.41 Å². The van der Waals surface area contributed by atoms with Crippen molar-refractivity contribution >= 4 is 16.9 Å². The van der Waals surface area contributed by atoms with Gasteiger partial charge in [0, 0.05) is 16.4 Å². The maximum absolute atomic E-state index is 12.6. The summed E-state index contributed by atoms with van der Waals surface area (Å²) < 4.78 is 0. The fraction of sp³-hybridized carbons (Fsp3) is 0.500. The molecule has 0 spiro atoms. The summed E-state index contributed by atoms with van der Waals surface area (Å²) in [5.41, 5.74) is 4.05. The molecule has 2 aliphatic rings. The van der Waals surface area contributed by atoms with E-state index in [1.165, 1.54) is 35.7 Å². The monoisotopic (exact) mass is 286 g/mol. The van der Waals surface area contributed by atoms with Crippen molar-refractivity contribution in [3.05, 3.63) is 41.0 Å². The third-order valence-corrected chi connectivity index (χ3v) is 5.43. The minimum absolute atomic E-state index is 0.152. The molecule has 0 fully saturated rings. The number of thioether (sulfide) groups is 1. The summed E-state index contributed by atoms with van der Waals surface area (Å²) in [5.74, 6) is 0.382. The smallest absolute Gasteiger partial charge is 0.220 e. The van der Waals surface area contributed by atoms with E-state index in [1.54, 1.807) is 0 Å². The molecule has 0 aromatic heterocycles. The minimum atomic E-state index is 0.152. The third kappa shape index (κ3) is 2.35. The Morgan fingerprint density at radius 1 is 1.10 bits per heavy atom. The van der Waals surface area contributed by atoms with E-state index in [0.717, 1.165) is 23.3 Å². The van der Waals surface area contributed by atoms with Crippen LogP contribution in [0.15, 0.2) is 40.3 Å². The van der Waals surface area contributed by atoms with Crippen molar-refractivity contribution < 1.29 is 4.79 Å². The van der Waals surface area contributed by atoms with Crippen LogP contribution in [0.25, 0.3) is 0 Å². The lowest BCUT2D eigenvalue weighted by molar-refractivity contribution is -0.108. The summed E-state index contributed by atoms with van der Waals surface area (Å²) in [6.45, 7) is 6.90. The Morgan fingerprint density at radius 2 is 1.80 bits per heavy atom. The maximum Gasteiger partial charge on any atom is 0.220 e. The predicted octanol–water partition coefficient (Wildman–Crippen LogP) is 5.32. The minimum Gasteiger partial charge on any atom is -0.282 e. The van der Waals surface area contributed by atoms with Crippen LogP contribution in [-0.2, 0) is 4.79 Å². The molecule has 0 amide bonds. The molecule has 0 saturated heterocycles. The van der Waals surface area contributed by atoms with Gasteiger partial charge in [-0.2, -0.15) is 0 Å². The van der Waals surface area contributed by atoms with E-state index in [4.69, 9.17) is 0 Å². The molecule has 1 aliphatic heterocycles. The summed E-state index contributed by atoms with van der Waals surface area (Å²) in [6, 6.07) is 8.48. The van der Waals surface area contributed by atoms with Gasteiger partial charge in [0.15, 0.2) is 0 Å². The number of carbonyl (C=O) groups is 1. The van der Waals surface area contributed by atoms with Gasteiger partial charge in [-0.05, 0) is 54.5 Å². The first-order valence-corrected chi connectivity index (χ1v) is 8.33. The Hall–Kier alpha value is -1.02. The van der Waals surface area contributed by atoms with Crippen molar-refractivity contribution in [1.29, 1.82) is 0 Å². The highest BCUT2D eigenvalue weighted by Crippen LogP contribution is 2.51. The number of allylic oxidation sites excluding steroid dienone is 1. The Kier molecular flexibility index (Phi) is 3.53. The van der Waals surface area contributed by atoms with E-state index in [0.29, 0.717) is 11.0 Å². The van der Waals surface area contributed by atoms with Crippen molar-refractivity contribution in [2.75, 3.05) is 0 Å². The molecule has 2 heteroatoms. The fourth-order valence-corrected chi connectivity index (χ4v) is 4.64. The second-order valence-electron chi connectivity index (χ2n) is 6.94. The summed E-state index contributed by atoms with van der Waals surface area (Å²) in [5, 5.41) is 0.291. The fourth-order valence-electron chi connectivity index (χ4n) is 3.63. The van der Waals surface area contributed by atoms with Crippen LogP contribution < -0.4 is 0 Å². The molecule has 0 radical (unpaired) electrons. The average molecular weight is 286 g/mol. The van der Waals surface area contributed by atoms with Gasteiger partial charge in [-0.15, -0.1) is 0 Å². The first-order valence-electron chi connectivity index (χ1n) is 7.51. The number of fused-ring (bicyclic) bond motifs is 1. The van der Waals surface area contributed by atoms with Crippen LogP contribution in [0.3, 0.4) is 0 Å². The first-order chi connectivity index (χ1) is 9.48. The zero-order valence-electron chi connectivity index (χ0n) is 12.5. The van der Waals surface area contributed by atoms with Gasteiger partial charge < -0.3 is 0 Å². The van der Waals surface area contributed by atoms with Gasteiger partial charge >= 0.3 is 0 Å². The highest BCUT2D eigenvalue weighted by molar-refractivity contribution is 8.14. The van der Waals surface area contributed by atoms with Gasteiger partial charge in [0.25, 0.3) is 0 Å². The van der Waals surface area contributed by atoms with Crippen LogP contribution in [0.2, 0.25) is 0 Å². The third-order valence-electron chi connectivity index (χ3n) is 4.40. The molecule has 1 aromatic rings. The van der Waals surface area contributed by atoms with Crippen molar-refractivity contribution in [3.63, 3.8) is 0 Å². The van der Waals surface area contributed by atoms with E-state index in [-0.39, 0.29) is 5.41 Å². The van der Waals surface area contributed by atoms with Gasteiger partial charge in [-0.1, -0.05) is 44.5 Å². The Morgan fingerprint density at radius 3 is 2.55 bits per heavy atom. The van der Waals surface area contributed by atoms with Gasteiger partial charge in [0.1, 0.15) is 0 Å². The standard InChI is InChI=1S/C18H22OS/c1-18(2,3)16-12-8-4-5-9-13(12)17(19)20-15-11-7-6-10-14(15)16/h6-7,10-11,16H,4-5,8-9H2,1-3H3. The van der Waals surface area contributed by atoms with E-state index in [1.807, 2.05) is 6.07 Å². The Balaban J connectivity index is 2.23. The molecule has 0 N–H and O–H groups in total. The number of hydrogen-bond acceptors (Lipinski definition) is 2. The van der Waals surface area contributed by atoms with Crippen LogP contribution in [-0.4, -0.2) is 5.12 Å². The molecule has 1 heterocycles. The quantitative estimate of drug-likeness (QED) is 0.642. The van der Waals surface area contributed by atoms with Crippen LogP contribution in [0.1, 0.15) is 57.9 Å². The Labute approximate surface area is 125 Å². The summed E-state index contributed by atoms with van der Waals surface area (Å²) in [4.78, 5) is 13.7. The number of carbonyl (C=O) groups excluding carboxylic acids is 1. The lowest BCUT2D eigenvalue weighted by Crippen LogP contribution is -2.23. The summed E-state index contributed by atoms with van der Waals surface area (Å²) in [7, 11) is 0. The first kappa shape index (κ1) is 13.9. The summed E-state index contributed by atoms with van der Waals surface area (Å²) >= 11 is 1.44. The van der Waals surface area contributed by atoms with E-state index < -0.39 is 0 Å². The Bertz CT molecular complexity index is 577. The molecule has 106 valence electrons. The molecule has 1 aromatic carbocycles. The highest BCUT2D eigenvalue weighted by Gasteiger charge is 2.37. The molecule has 1 unspecified atom stereocenters.